The van der Waals surface area contributed by atoms with Gasteiger partial charge in [0.05, 0.1) is 17.7 Å². The minimum atomic E-state index is -3.57. The topological polar surface area (TPSA) is 95.6 Å². The van der Waals surface area contributed by atoms with Crippen LogP contribution in [0.5, 0.6) is 5.75 Å². The van der Waals surface area contributed by atoms with Crippen molar-refractivity contribution < 1.29 is 17.9 Å². The number of sulfonamides is 1. The molecule has 1 aromatic carbocycles. The van der Waals surface area contributed by atoms with Gasteiger partial charge in [0, 0.05) is 44.7 Å². The second-order valence-electron chi connectivity index (χ2n) is 7.79. The number of methoxy groups -OCH3 is 1. The minimum absolute atomic E-state index is 0.0593. The summed E-state index contributed by atoms with van der Waals surface area (Å²) in [6.07, 6.45) is 5.49. The molecule has 9 heteroatoms. The van der Waals surface area contributed by atoms with Crippen molar-refractivity contribution in [1.29, 1.82) is 0 Å². The zero-order chi connectivity index (χ0) is 21.1. The molecule has 1 aliphatic heterocycles. The number of hydrogen-bond donors (Lipinski definition) is 1. The average molecular weight is 433 g/mol. The fourth-order valence-corrected chi connectivity index (χ4v) is 5.64. The van der Waals surface area contributed by atoms with Crippen molar-refractivity contribution in [2.45, 2.75) is 43.4 Å². The number of rotatable bonds is 6. The van der Waals surface area contributed by atoms with Crippen molar-refractivity contribution in [1.82, 2.24) is 19.4 Å². The van der Waals surface area contributed by atoms with Crippen molar-refractivity contribution in [2.24, 2.45) is 0 Å². The number of aromatic amines is 1. The van der Waals surface area contributed by atoms with Crippen LogP contribution in [-0.2, 0) is 34.1 Å². The largest absolute Gasteiger partial charge is 0.497 e. The van der Waals surface area contributed by atoms with Gasteiger partial charge in [0.25, 0.3) is 0 Å². The van der Waals surface area contributed by atoms with Gasteiger partial charge in [-0.1, -0.05) is 0 Å². The molecule has 1 amide bonds. The number of carbonyl (C=O) groups excluding carboxylic acids is 1. The van der Waals surface area contributed by atoms with E-state index in [1.54, 1.807) is 36.3 Å². The summed E-state index contributed by atoms with van der Waals surface area (Å²) in [6.45, 7) is 1.43. The van der Waals surface area contributed by atoms with E-state index >= 15 is 0 Å². The molecular weight excluding hydrogens is 404 g/mol. The molecule has 2 aliphatic rings. The van der Waals surface area contributed by atoms with Gasteiger partial charge >= 0.3 is 0 Å². The number of aromatic nitrogens is 2. The lowest BCUT2D eigenvalue weighted by Crippen LogP contribution is -2.50. The number of carbonyl (C=O) groups is 1. The highest BCUT2D eigenvalue weighted by molar-refractivity contribution is 7.89. The first-order valence-corrected chi connectivity index (χ1v) is 11.9. The average Bonchev–Trinajstić information content (AvgIpc) is 3.20. The fraction of sp³-hybridized carbons (Fsp3) is 0.524. The van der Waals surface area contributed by atoms with Crippen LogP contribution >= 0.6 is 0 Å². The first kappa shape index (κ1) is 20.9. The highest BCUT2D eigenvalue weighted by Gasteiger charge is 2.30. The number of ether oxygens (including phenoxy) is 1. The molecule has 8 nitrogen and oxygen atoms in total. The number of piperazine rings is 1. The van der Waals surface area contributed by atoms with Crippen molar-refractivity contribution in [3.63, 3.8) is 0 Å². The maximum absolute atomic E-state index is 12.9. The van der Waals surface area contributed by atoms with Crippen molar-refractivity contribution >= 4 is 15.9 Å². The predicted molar refractivity (Wildman–Crippen MR) is 112 cm³/mol. The standard InChI is InChI=1S/C21H28N4O4S/c1-29-16-6-8-17(9-7-16)30(27,28)25-14-12-24(13-15-25)21(26)11-10-20-18-4-2-3-5-19(18)22-23-20/h6-9H,2-5,10-15H2,1H3,(H,22,23). The number of benzene rings is 1. The summed E-state index contributed by atoms with van der Waals surface area (Å²) in [5.41, 5.74) is 3.53. The number of nitrogens with zero attached hydrogens (tertiary/aromatic N) is 3. The van der Waals surface area contributed by atoms with Crippen LogP contribution in [-0.4, -0.2) is 67.0 Å². The molecule has 162 valence electrons. The summed E-state index contributed by atoms with van der Waals surface area (Å²) in [7, 11) is -2.03. The molecule has 1 saturated heterocycles. The number of nitrogens with one attached hydrogen (secondary N) is 1. The second kappa shape index (κ2) is 8.77. The lowest BCUT2D eigenvalue weighted by atomic mass is 9.94. The van der Waals surface area contributed by atoms with E-state index in [1.165, 1.54) is 28.4 Å². The maximum Gasteiger partial charge on any atom is 0.243 e. The SMILES string of the molecule is COc1ccc(S(=O)(=O)N2CCN(C(=O)CCc3n[nH]c4c3CCCC4)CC2)cc1. The van der Waals surface area contributed by atoms with Crippen molar-refractivity contribution in [2.75, 3.05) is 33.3 Å². The summed E-state index contributed by atoms with van der Waals surface area (Å²) >= 11 is 0. The number of fused-ring (bicyclic) bond motifs is 1. The summed E-state index contributed by atoms with van der Waals surface area (Å²) in [6, 6.07) is 6.38. The molecule has 0 unspecified atom stereocenters. The number of H-pyrrole nitrogens is 1. The van der Waals surface area contributed by atoms with Gasteiger partial charge in [-0.25, -0.2) is 8.42 Å². The Hall–Kier alpha value is -2.39. The Balaban J connectivity index is 1.31. The molecule has 1 N–H and O–H groups in total. The Bertz CT molecular complexity index is 993. The molecule has 0 saturated carbocycles. The van der Waals surface area contributed by atoms with Crippen LogP contribution < -0.4 is 4.74 Å². The van der Waals surface area contributed by atoms with Crippen LogP contribution in [0.3, 0.4) is 0 Å². The van der Waals surface area contributed by atoms with Crippen molar-refractivity contribution in [3.8, 4) is 5.75 Å². The summed E-state index contributed by atoms with van der Waals surface area (Å²) in [5, 5.41) is 7.53. The van der Waals surface area contributed by atoms with E-state index in [0.29, 0.717) is 44.8 Å². The highest BCUT2D eigenvalue weighted by atomic mass is 32.2. The molecule has 0 atom stereocenters. The Labute approximate surface area is 177 Å². The normalized spacial score (nSPS) is 17.6. The molecule has 1 aliphatic carbocycles. The molecule has 4 rings (SSSR count). The van der Waals surface area contributed by atoms with E-state index in [-0.39, 0.29) is 10.8 Å². The number of hydrogen-bond acceptors (Lipinski definition) is 5. The summed E-state index contributed by atoms with van der Waals surface area (Å²) < 4.78 is 32.2. The third-order valence-electron chi connectivity index (χ3n) is 6.01. The van der Waals surface area contributed by atoms with E-state index in [2.05, 4.69) is 10.2 Å². The fourth-order valence-electron chi connectivity index (χ4n) is 4.21. The second-order valence-corrected chi connectivity index (χ2v) is 9.73. The molecule has 30 heavy (non-hydrogen) atoms. The summed E-state index contributed by atoms with van der Waals surface area (Å²) in [5.74, 6) is 0.673. The predicted octanol–water partition coefficient (Wildman–Crippen LogP) is 1.76. The first-order chi connectivity index (χ1) is 14.5. The Morgan fingerprint density at radius 3 is 2.50 bits per heavy atom. The van der Waals surface area contributed by atoms with Crippen molar-refractivity contribution in [3.05, 3.63) is 41.2 Å². The maximum atomic E-state index is 12.9. The molecule has 0 radical (unpaired) electrons. The van der Waals surface area contributed by atoms with E-state index in [9.17, 15) is 13.2 Å². The summed E-state index contributed by atoms with van der Waals surface area (Å²) in [4.78, 5) is 14.7. The molecule has 0 spiro atoms. The minimum Gasteiger partial charge on any atom is -0.497 e. The Morgan fingerprint density at radius 2 is 1.80 bits per heavy atom. The van der Waals surface area contributed by atoms with Gasteiger partial charge in [0.1, 0.15) is 5.75 Å². The van der Waals surface area contributed by atoms with E-state index in [4.69, 9.17) is 4.74 Å². The van der Waals surface area contributed by atoms with Crippen LogP contribution in [0, 0.1) is 0 Å². The molecular formula is C21H28N4O4S. The van der Waals surface area contributed by atoms with Gasteiger partial charge < -0.3 is 9.64 Å². The van der Waals surface area contributed by atoms with Crippen LogP contribution in [0.25, 0.3) is 0 Å². The third kappa shape index (κ3) is 4.22. The Morgan fingerprint density at radius 1 is 1.10 bits per heavy atom. The lowest BCUT2D eigenvalue weighted by Gasteiger charge is -2.34. The van der Waals surface area contributed by atoms with Gasteiger partial charge in [-0.2, -0.15) is 9.40 Å². The monoisotopic (exact) mass is 432 g/mol. The zero-order valence-electron chi connectivity index (χ0n) is 17.3. The Kier molecular flexibility index (Phi) is 6.10. The third-order valence-corrected chi connectivity index (χ3v) is 7.92. The van der Waals surface area contributed by atoms with E-state index < -0.39 is 10.0 Å². The van der Waals surface area contributed by atoms with Gasteiger partial charge in [-0.3, -0.25) is 9.89 Å². The number of amides is 1. The smallest absolute Gasteiger partial charge is 0.243 e. The molecule has 1 fully saturated rings. The van der Waals surface area contributed by atoms with Crippen LogP contribution in [0.15, 0.2) is 29.2 Å². The van der Waals surface area contributed by atoms with Gasteiger partial charge in [0.15, 0.2) is 0 Å². The molecule has 2 heterocycles. The lowest BCUT2D eigenvalue weighted by molar-refractivity contribution is -0.132. The van der Waals surface area contributed by atoms with Crippen LogP contribution in [0.1, 0.15) is 36.2 Å². The molecule has 2 aromatic rings. The zero-order valence-corrected chi connectivity index (χ0v) is 18.1. The van der Waals surface area contributed by atoms with Crippen LogP contribution in [0.4, 0.5) is 0 Å². The number of aryl methyl sites for hydroxylation is 2. The first-order valence-electron chi connectivity index (χ1n) is 10.5. The van der Waals surface area contributed by atoms with E-state index in [1.807, 2.05) is 0 Å². The van der Waals surface area contributed by atoms with E-state index in [0.717, 1.165) is 18.5 Å². The van der Waals surface area contributed by atoms with Gasteiger partial charge in [0.2, 0.25) is 15.9 Å². The van der Waals surface area contributed by atoms with Gasteiger partial charge in [-0.05, 0) is 55.5 Å². The quantitative estimate of drug-likeness (QED) is 0.751. The van der Waals surface area contributed by atoms with Crippen LogP contribution in [0.2, 0.25) is 0 Å². The highest BCUT2D eigenvalue weighted by Crippen LogP contribution is 2.24. The van der Waals surface area contributed by atoms with Gasteiger partial charge in [-0.15, -0.1) is 0 Å². The molecule has 0 bridgehead atoms. The molecule has 1 aromatic heterocycles.